The van der Waals surface area contributed by atoms with Gasteiger partial charge in [0.15, 0.2) is 0 Å². The van der Waals surface area contributed by atoms with E-state index in [0.29, 0.717) is 78.3 Å². The largest absolute Gasteiger partial charge is 0.497 e. The van der Waals surface area contributed by atoms with Crippen LogP contribution in [-0.2, 0) is 35.2 Å². The summed E-state index contributed by atoms with van der Waals surface area (Å²) < 4.78 is 16.4. The molecule has 3 aliphatic rings. The maximum atomic E-state index is 14.0. The van der Waals surface area contributed by atoms with Crippen molar-refractivity contribution in [2.45, 2.75) is 64.6 Å². The molecular formula is C32H49N5O7. The highest BCUT2D eigenvalue weighted by Gasteiger charge is 2.43. The number of ether oxygens (including phenoxy) is 3. The second-order valence-corrected chi connectivity index (χ2v) is 13.3. The maximum Gasteiger partial charge on any atom is 0.246 e. The molecule has 3 saturated heterocycles. The number of carbonyl (C=O) groups excluding carboxylic acids is 4. The summed E-state index contributed by atoms with van der Waals surface area (Å²) in [5.41, 5.74) is 0.0781. The van der Waals surface area contributed by atoms with E-state index < -0.39 is 11.6 Å². The van der Waals surface area contributed by atoms with Gasteiger partial charge in [-0.15, -0.1) is 0 Å². The van der Waals surface area contributed by atoms with Crippen LogP contribution in [0.15, 0.2) is 24.3 Å². The summed E-state index contributed by atoms with van der Waals surface area (Å²) in [6.45, 7) is 9.92. The first-order valence-corrected chi connectivity index (χ1v) is 15.6. The lowest BCUT2D eigenvalue weighted by Gasteiger charge is -2.45. The molecule has 12 heteroatoms. The molecule has 244 valence electrons. The molecule has 3 fully saturated rings. The topological polar surface area (TPSA) is 130 Å². The number of carbonyl (C=O) groups is 4. The first kappa shape index (κ1) is 33.7. The van der Waals surface area contributed by atoms with E-state index in [1.807, 2.05) is 49.9 Å². The van der Waals surface area contributed by atoms with Crippen LogP contribution in [0.1, 0.15) is 52.0 Å². The molecule has 44 heavy (non-hydrogen) atoms. The summed E-state index contributed by atoms with van der Waals surface area (Å²) in [6.07, 6.45) is 1.35. The van der Waals surface area contributed by atoms with E-state index in [0.717, 1.165) is 11.3 Å². The van der Waals surface area contributed by atoms with Crippen LogP contribution in [0.5, 0.6) is 5.75 Å². The Labute approximate surface area is 260 Å². The Morgan fingerprint density at radius 1 is 1.05 bits per heavy atom. The van der Waals surface area contributed by atoms with Gasteiger partial charge < -0.3 is 34.6 Å². The Kier molecular flexibility index (Phi) is 11.6. The summed E-state index contributed by atoms with van der Waals surface area (Å²) in [5, 5.41) is 6.04. The van der Waals surface area contributed by atoms with Crippen LogP contribution >= 0.6 is 0 Å². The van der Waals surface area contributed by atoms with Crippen LogP contribution in [0.4, 0.5) is 0 Å². The molecule has 2 N–H and O–H groups in total. The Morgan fingerprint density at radius 3 is 2.52 bits per heavy atom. The zero-order valence-electron chi connectivity index (χ0n) is 26.7. The molecule has 0 aliphatic carbocycles. The third kappa shape index (κ3) is 9.64. The van der Waals surface area contributed by atoms with Crippen molar-refractivity contribution in [1.82, 2.24) is 25.3 Å². The normalized spacial score (nSPS) is 23.1. The molecule has 1 atom stereocenters. The highest BCUT2D eigenvalue weighted by molar-refractivity contribution is 5.89. The number of amides is 4. The minimum Gasteiger partial charge on any atom is -0.497 e. The molecule has 0 radical (unpaired) electrons. The second kappa shape index (κ2) is 15.2. The monoisotopic (exact) mass is 615 g/mol. The van der Waals surface area contributed by atoms with Crippen LogP contribution in [0.3, 0.4) is 0 Å². The summed E-state index contributed by atoms with van der Waals surface area (Å²) >= 11 is 0. The Morgan fingerprint density at radius 2 is 1.80 bits per heavy atom. The number of nitrogens with zero attached hydrogens (tertiary/aromatic N) is 3. The van der Waals surface area contributed by atoms with E-state index in [4.69, 9.17) is 14.2 Å². The van der Waals surface area contributed by atoms with Gasteiger partial charge in [-0.05, 0) is 36.0 Å². The Balaban J connectivity index is 1.51. The van der Waals surface area contributed by atoms with Crippen LogP contribution in [-0.4, -0.2) is 123 Å². The van der Waals surface area contributed by atoms with Gasteiger partial charge in [-0.3, -0.25) is 24.1 Å². The number of rotatable bonds is 4. The highest BCUT2D eigenvalue weighted by Crippen LogP contribution is 2.30. The fourth-order valence-electron chi connectivity index (χ4n) is 6.10. The minimum absolute atomic E-state index is 0.0445. The summed E-state index contributed by atoms with van der Waals surface area (Å²) in [7, 11) is 1.63. The summed E-state index contributed by atoms with van der Waals surface area (Å²) in [5.74, 6) is 0.108. The molecule has 3 heterocycles. The molecule has 0 aromatic heterocycles. The first-order valence-electron chi connectivity index (χ1n) is 15.6. The minimum atomic E-state index is -0.845. The highest BCUT2D eigenvalue weighted by atomic mass is 16.5. The number of benzene rings is 1. The average Bonchev–Trinajstić information content (AvgIpc) is 2.97. The molecular weight excluding hydrogens is 566 g/mol. The first-order chi connectivity index (χ1) is 21.0. The lowest BCUT2D eigenvalue weighted by atomic mass is 9.82. The fourth-order valence-corrected chi connectivity index (χ4v) is 6.10. The van der Waals surface area contributed by atoms with Gasteiger partial charge in [0.25, 0.3) is 0 Å². The van der Waals surface area contributed by atoms with Crippen molar-refractivity contribution in [3.63, 3.8) is 0 Å². The third-order valence-electron chi connectivity index (χ3n) is 8.43. The van der Waals surface area contributed by atoms with E-state index in [-0.39, 0.29) is 48.7 Å². The van der Waals surface area contributed by atoms with Gasteiger partial charge in [0, 0.05) is 52.2 Å². The van der Waals surface area contributed by atoms with Gasteiger partial charge in [0.1, 0.15) is 18.4 Å². The average molecular weight is 616 g/mol. The number of hydrogen-bond donors (Lipinski definition) is 2. The van der Waals surface area contributed by atoms with Crippen molar-refractivity contribution in [3.05, 3.63) is 29.8 Å². The van der Waals surface area contributed by atoms with Crippen molar-refractivity contribution >= 4 is 23.6 Å². The number of hydrogen-bond acceptors (Lipinski definition) is 8. The van der Waals surface area contributed by atoms with Crippen molar-refractivity contribution in [3.8, 4) is 5.75 Å². The van der Waals surface area contributed by atoms with Gasteiger partial charge in [0.05, 0.1) is 38.9 Å². The van der Waals surface area contributed by atoms with E-state index in [2.05, 4.69) is 15.5 Å². The van der Waals surface area contributed by atoms with Crippen molar-refractivity contribution in [1.29, 1.82) is 0 Å². The van der Waals surface area contributed by atoms with Crippen molar-refractivity contribution in [2.24, 2.45) is 5.41 Å². The zero-order valence-corrected chi connectivity index (χ0v) is 26.7. The lowest BCUT2D eigenvalue weighted by molar-refractivity contribution is -0.147. The van der Waals surface area contributed by atoms with E-state index in [9.17, 15) is 19.2 Å². The van der Waals surface area contributed by atoms with Crippen LogP contribution in [0.25, 0.3) is 0 Å². The fraction of sp³-hybridized carbons (Fsp3) is 0.688. The van der Waals surface area contributed by atoms with E-state index >= 15 is 0 Å². The van der Waals surface area contributed by atoms with Gasteiger partial charge in [-0.2, -0.15) is 0 Å². The molecule has 3 aliphatic heterocycles. The van der Waals surface area contributed by atoms with Gasteiger partial charge in [-0.25, -0.2) is 0 Å². The van der Waals surface area contributed by atoms with E-state index in [1.165, 1.54) is 0 Å². The third-order valence-corrected chi connectivity index (χ3v) is 8.43. The van der Waals surface area contributed by atoms with Crippen molar-refractivity contribution in [2.75, 3.05) is 72.8 Å². The van der Waals surface area contributed by atoms with Gasteiger partial charge in [-0.1, -0.05) is 32.9 Å². The zero-order chi connectivity index (χ0) is 31.7. The number of piperidine rings is 1. The number of nitrogens with one attached hydrogen (secondary N) is 2. The van der Waals surface area contributed by atoms with Crippen LogP contribution < -0.4 is 15.4 Å². The SMILES string of the molecule is COc1cccc(CN2CCN3C(=O)CC4(CCN(C(=O)CC(C)(C)C)CC4)NC(=O)COCCOCCNC(=O)[C@@H]3C2)c1. The standard InChI is InChI=1S/C32H49N5O7/c1-31(2,3)19-28(39)36-11-8-32(9-12-36)20-29(40)37-14-13-35(21-24-6-5-7-25(18-24)42-4)22-26(37)30(41)33-10-15-43-16-17-44-23-27(38)34-32/h5-7,18,26H,8-17,19-23H2,1-4H3,(H,33,41)(H,34,38)/t26-/m0/s1. The van der Waals surface area contributed by atoms with Gasteiger partial charge in [0.2, 0.25) is 23.6 Å². The molecule has 1 aromatic rings. The predicted molar refractivity (Wildman–Crippen MR) is 164 cm³/mol. The molecule has 0 unspecified atom stereocenters. The van der Waals surface area contributed by atoms with Crippen LogP contribution in [0.2, 0.25) is 0 Å². The number of fused-ring (bicyclic) bond motifs is 1. The lowest BCUT2D eigenvalue weighted by Crippen LogP contribution is -2.63. The molecule has 4 rings (SSSR count). The molecule has 0 bridgehead atoms. The van der Waals surface area contributed by atoms with Crippen molar-refractivity contribution < 1.29 is 33.4 Å². The van der Waals surface area contributed by atoms with E-state index in [1.54, 1.807) is 12.0 Å². The number of piperazine rings is 1. The molecule has 1 spiro atoms. The molecule has 0 saturated carbocycles. The Bertz CT molecular complexity index is 1160. The summed E-state index contributed by atoms with van der Waals surface area (Å²) in [4.78, 5) is 59.1. The summed E-state index contributed by atoms with van der Waals surface area (Å²) in [6, 6.07) is 7.13. The predicted octanol–water partition coefficient (Wildman–Crippen LogP) is 1.17. The number of likely N-dealkylation sites (tertiary alicyclic amines) is 1. The molecule has 1 aromatic carbocycles. The smallest absolute Gasteiger partial charge is 0.246 e. The Hall–Kier alpha value is -3.22. The number of methoxy groups -OCH3 is 1. The van der Waals surface area contributed by atoms with Crippen LogP contribution in [0, 0.1) is 5.41 Å². The second-order valence-electron chi connectivity index (χ2n) is 13.3. The maximum absolute atomic E-state index is 14.0. The van der Waals surface area contributed by atoms with Gasteiger partial charge >= 0.3 is 0 Å². The molecule has 12 nitrogen and oxygen atoms in total. The quantitative estimate of drug-likeness (QED) is 0.517. The molecule has 4 amide bonds.